The molecule has 1 aliphatic rings. The standard InChI is InChI=1S/C14H12N4O5/c1-17-10(15)9(12(20)18(2)14(17)23)16-11(19)7-5-3-4-6-8(7)13(21)22/h3-6,15H,1-2H3,(H,21,22)/p+1. The van der Waals surface area contributed by atoms with Crippen LogP contribution in [0, 0.1) is 0 Å². The average molecular weight is 317 g/mol. The minimum atomic E-state index is -1.30. The van der Waals surface area contributed by atoms with E-state index in [4.69, 9.17) is 10.8 Å². The third-order valence-corrected chi connectivity index (χ3v) is 3.29. The average Bonchev–Trinajstić information content (AvgIpc) is 2.54. The Kier molecular flexibility index (Phi) is 4.04. The Labute approximate surface area is 130 Å². The molecule has 0 bridgehead atoms. The van der Waals surface area contributed by atoms with Crippen LogP contribution in [0.15, 0.2) is 29.3 Å². The summed E-state index contributed by atoms with van der Waals surface area (Å²) in [5.74, 6) is -3.36. The normalized spacial score (nSPS) is 17.0. The molecule has 1 aromatic rings. The van der Waals surface area contributed by atoms with Crippen molar-refractivity contribution >= 4 is 35.4 Å². The maximum Gasteiger partial charge on any atom is 0.445 e. The van der Waals surface area contributed by atoms with E-state index in [-0.39, 0.29) is 17.0 Å². The zero-order valence-electron chi connectivity index (χ0n) is 12.3. The van der Waals surface area contributed by atoms with E-state index in [1.807, 2.05) is 0 Å². The molecule has 0 atom stereocenters. The number of carbonyl (C=O) groups excluding carboxylic acids is 3. The highest BCUT2D eigenvalue weighted by atomic mass is 16.4. The van der Waals surface area contributed by atoms with Gasteiger partial charge in [-0.3, -0.25) is 4.79 Å². The lowest BCUT2D eigenvalue weighted by atomic mass is 10.1. The fourth-order valence-electron chi connectivity index (χ4n) is 1.97. The lowest BCUT2D eigenvalue weighted by Gasteiger charge is -2.17. The van der Waals surface area contributed by atoms with Crippen molar-refractivity contribution in [3.05, 3.63) is 35.4 Å². The Morgan fingerprint density at radius 3 is 2.35 bits per heavy atom. The fraction of sp³-hybridized carbons (Fsp3) is 0.143. The van der Waals surface area contributed by atoms with E-state index in [0.29, 0.717) is 0 Å². The molecule has 4 amide bonds. The van der Waals surface area contributed by atoms with Gasteiger partial charge in [0.2, 0.25) is 5.71 Å². The molecule has 0 fully saturated rings. The molecule has 2 rings (SSSR count). The maximum atomic E-state index is 12.2. The van der Waals surface area contributed by atoms with Crippen LogP contribution >= 0.6 is 0 Å². The van der Waals surface area contributed by atoms with Crippen LogP contribution in [-0.4, -0.2) is 64.0 Å². The third-order valence-electron chi connectivity index (χ3n) is 3.29. The van der Waals surface area contributed by atoms with Gasteiger partial charge in [-0.25, -0.2) is 14.4 Å². The molecule has 1 aliphatic heterocycles. The number of benzene rings is 1. The van der Waals surface area contributed by atoms with E-state index in [9.17, 15) is 19.2 Å². The number of aromatic carboxylic acids is 1. The second-order valence-corrected chi connectivity index (χ2v) is 4.71. The molecule has 3 N–H and O–H groups in total. The number of carbonyl (C=O) groups is 4. The monoisotopic (exact) mass is 317 g/mol. The van der Waals surface area contributed by atoms with Crippen LogP contribution < -0.4 is 5.73 Å². The van der Waals surface area contributed by atoms with Crippen molar-refractivity contribution < 1.29 is 28.9 Å². The zero-order valence-corrected chi connectivity index (χ0v) is 12.3. The lowest BCUT2D eigenvalue weighted by molar-refractivity contribution is -0.401. The number of rotatable bonds is 2. The fourth-order valence-corrected chi connectivity index (χ4v) is 1.97. The first-order valence-electron chi connectivity index (χ1n) is 6.39. The highest BCUT2D eigenvalue weighted by Crippen LogP contribution is 2.11. The largest absolute Gasteiger partial charge is 0.478 e. The number of hydrogen-bond acceptors (Lipinski definition) is 5. The summed E-state index contributed by atoms with van der Waals surface area (Å²) in [6, 6.07) is 4.78. The van der Waals surface area contributed by atoms with Crippen molar-refractivity contribution in [2.75, 3.05) is 14.1 Å². The van der Waals surface area contributed by atoms with Crippen LogP contribution in [0.5, 0.6) is 0 Å². The van der Waals surface area contributed by atoms with Gasteiger partial charge in [0.05, 0.1) is 25.2 Å². The van der Waals surface area contributed by atoms with Gasteiger partial charge in [-0.2, -0.15) is 14.5 Å². The molecule has 0 saturated carbocycles. The number of aliphatic imine (C=N–C) groups is 1. The van der Waals surface area contributed by atoms with Crippen LogP contribution in [0.2, 0.25) is 0 Å². The van der Waals surface area contributed by atoms with Crippen LogP contribution in [0.3, 0.4) is 0 Å². The molecular weight excluding hydrogens is 304 g/mol. The second-order valence-electron chi connectivity index (χ2n) is 4.71. The molecule has 23 heavy (non-hydrogen) atoms. The molecule has 0 radical (unpaired) electrons. The number of nitrogens with two attached hydrogens (primary N) is 1. The summed E-state index contributed by atoms with van der Waals surface area (Å²) in [5.41, 5.74) is 4.81. The number of amides is 4. The van der Waals surface area contributed by atoms with Gasteiger partial charge in [0, 0.05) is 0 Å². The van der Waals surface area contributed by atoms with Crippen LogP contribution in [0.25, 0.3) is 0 Å². The Morgan fingerprint density at radius 1 is 1.22 bits per heavy atom. The van der Waals surface area contributed by atoms with E-state index >= 15 is 0 Å². The number of hydrogen-bond donors (Lipinski definition) is 2. The van der Waals surface area contributed by atoms with Gasteiger partial charge in [-0.1, -0.05) is 12.1 Å². The molecule has 0 unspecified atom stereocenters. The van der Waals surface area contributed by atoms with Crippen molar-refractivity contribution in [2.24, 2.45) is 10.7 Å². The number of nitrogens with zero attached hydrogens (tertiary/aromatic N) is 3. The third kappa shape index (κ3) is 2.71. The van der Waals surface area contributed by atoms with Gasteiger partial charge < -0.3 is 10.8 Å². The second kappa shape index (κ2) is 5.79. The van der Waals surface area contributed by atoms with E-state index in [2.05, 4.69) is 4.99 Å². The van der Waals surface area contributed by atoms with E-state index in [1.165, 1.54) is 38.4 Å². The molecule has 0 saturated heterocycles. The topological polar surface area (TPSA) is 133 Å². The lowest BCUT2D eigenvalue weighted by Crippen LogP contribution is -2.55. The number of amidine groups is 1. The van der Waals surface area contributed by atoms with Crippen molar-refractivity contribution in [3.8, 4) is 0 Å². The molecule has 1 heterocycles. The van der Waals surface area contributed by atoms with E-state index < -0.39 is 29.5 Å². The Morgan fingerprint density at radius 2 is 1.78 bits per heavy atom. The summed E-state index contributed by atoms with van der Waals surface area (Å²) < 4.78 is 0.969. The number of urea groups is 1. The first-order chi connectivity index (χ1) is 10.8. The summed E-state index contributed by atoms with van der Waals surface area (Å²) in [7, 11) is 2.55. The smallest absolute Gasteiger partial charge is 0.445 e. The maximum absolute atomic E-state index is 12.2. The Hall–Kier alpha value is -3.36. The van der Waals surface area contributed by atoms with Crippen molar-refractivity contribution in [3.63, 3.8) is 0 Å². The van der Waals surface area contributed by atoms with Crippen molar-refractivity contribution in [1.82, 2.24) is 4.90 Å². The molecule has 0 spiro atoms. The first-order valence-corrected chi connectivity index (χ1v) is 6.39. The highest BCUT2D eigenvalue weighted by molar-refractivity contribution is 6.68. The zero-order chi connectivity index (χ0) is 17.3. The Bertz CT molecular complexity index is 809. The highest BCUT2D eigenvalue weighted by Gasteiger charge is 2.40. The molecule has 0 aromatic heterocycles. The van der Waals surface area contributed by atoms with Crippen LogP contribution in [-0.2, 0) is 4.79 Å². The minimum Gasteiger partial charge on any atom is -0.478 e. The van der Waals surface area contributed by atoms with Gasteiger partial charge >= 0.3 is 17.9 Å². The van der Waals surface area contributed by atoms with Gasteiger partial charge in [0.1, 0.15) is 0 Å². The summed E-state index contributed by atoms with van der Waals surface area (Å²) in [5, 5.41) is 9.08. The SMILES string of the molecule is CN1C(=O)C(=NC(=O)c2ccccc2C(=O)O)C(N)=[N+](C)C1=O. The molecule has 1 aromatic carbocycles. The van der Waals surface area contributed by atoms with Gasteiger partial charge in [-0.15, -0.1) is 0 Å². The van der Waals surface area contributed by atoms with E-state index in [1.54, 1.807) is 0 Å². The quantitative estimate of drug-likeness (QED) is 0.710. The van der Waals surface area contributed by atoms with Crippen molar-refractivity contribution in [1.29, 1.82) is 0 Å². The summed E-state index contributed by atoms with van der Waals surface area (Å²) in [6.07, 6.45) is 0. The number of carboxylic acids is 1. The molecular formula is C14H13N4O5+. The van der Waals surface area contributed by atoms with Gasteiger partial charge in [-0.05, 0) is 12.1 Å². The Balaban J connectivity index is 2.54. The van der Waals surface area contributed by atoms with Crippen LogP contribution in [0.4, 0.5) is 4.79 Å². The van der Waals surface area contributed by atoms with E-state index in [0.717, 1.165) is 9.48 Å². The number of carboxylic acid groups (broad SMARTS) is 1. The first kappa shape index (κ1) is 16.0. The van der Waals surface area contributed by atoms with Crippen LogP contribution in [0.1, 0.15) is 20.7 Å². The summed E-state index contributed by atoms with van der Waals surface area (Å²) in [6.45, 7) is 0. The molecule has 118 valence electrons. The van der Waals surface area contributed by atoms with Gasteiger partial charge in [0.15, 0.2) is 0 Å². The predicted molar refractivity (Wildman–Crippen MR) is 78.7 cm³/mol. The van der Waals surface area contributed by atoms with Gasteiger partial charge in [0.25, 0.3) is 11.7 Å². The number of imide groups is 1. The van der Waals surface area contributed by atoms with Crippen molar-refractivity contribution in [2.45, 2.75) is 0 Å². The molecule has 9 heteroatoms. The summed E-state index contributed by atoms with van der Waals surface area (Å²) in [4.78, 5) is 51.5. The predicted octanol–water partition coefficient (Wildman–Crippen LogP) is -0.442. The minimum absolute atomic E-state index is 0.185. The molecule has 9 nitrogen and oxygen atoms in total. The molecule has 0 aliphatic carbocycles. The summed E-state index contributed by atoms with van der Waals surface area (Å²) >= 11 is 0.